The van der Waals surface area contributed by atoms with Crippen LogP contribution in [0, 0.1) is 0 Å². The van der Waals surface area contributed by atoms with Crippen molar-refractivity contribution in [1.29, 1.82) is 0 Å². The molecule has 2 aromatic carbocycles. The number of hydrogen-bond donors (Lipinski definition) is 3. The first kappa shape index (κ1) is 22.6. The summed E-state index contributed by atoms with van der Waals surface area (Å²) in [7, 11) is -9.06. The van der Waals surface area contributed by atoms with Gasteiger partial charge < -0.3 is 5.11 Å². The Bertz CT molecular complexity index is 876. The van der Waals surface area contributed by atoms with Crippen molar-refractivity contribution in [3.8, 4) is 5.75 Å². The Kier molecular flexibility index (Phi) is 8.73. The molecule has 3 N–H and O–H groups in total. The molecule has 21 heavy (non-hydrogen) atoms. The molecular formula is C10H8K2O7S2. The van der Waals surface area contributed by atoms with Gasteiger partial charge in [-0.15, -0.1) is 0 Å². The van der Waals surface area contributed by atoms with E-state index in [-0.39, 0.29) is 108 Å². The van der Waals surface area contributed by atoms with E-state index in [1.807, 2.05) is 0 Å². The summed E-state index contributed by atoms with van der Waals surface area (Å²) in [5.74, 6) is -0.658. The van der Waals surface area contributed by atoms with Crippen molar-refractivity contribution in [1.82, 2.24) is 0 Å². The van der Waals surface area contributed by atoms with Crippen LogP contribution in [-0.2, 0) is 20.2 Å². The van der Waals surface area contributed by atoms with Crippen LogP contribution >= 0.6 is 0 Å². The molecule has 0 atom stereocenters. The van der Waals surface area contributed by atoms with E-state index in [2.05, 4.69) is 0 Å². The first-order chi connectivity index (χ1) is 8.59. The van der Waals surface area contributed by atoms with Gasteiger partial charge in [-0.2, -0.15) is 16.8 Å². The molecule has 0 heterocycles. The topological polar surface area (TPSA) is 129 Å². The molecular weight excluding hydrogens is 374 g/mol. The fraction of sp³-hybridized carbons (Fsp3) is 0. The van der Waals surface area contributed by atoms with Gasteiger partial charge in [-0.3, -0.25) is 9.11 Å². The Balaban J connectivity index is 0.00000200. The van der Waals surface area contributed by atoms with Crippen LogP contribution in [0.3, 0.4) is 0 Å². The quantitative estimate of drug-likeness (QED) is 0.502. The average molecular weight is 382 g/mol. The molecule has 0 fully saturated rings. The second kappa shape index (κ2) is 8.11. The number of phenols is 1. The standard InChI is InChI=1S/C10H8O7S2.2K/c11-9-4-6-1-2-8(18(12,13)14)3-7(6)5-10(9)19(15,16)17;;/h1-5,11H,(H,12,13,14)(H,15,16,17);;. The van der Waals surface area contributed by atoms with E-state index in [4.69, 9.17) is 9.11 Å². The van der Waals surface area contributed by atoms with Gasteiger partial charge in [0.15, 0.2) is 0 Å². The maximum Gasteiger partial charge on any atom is 0.298 e. The third kappa shape index (κ3) is 5.57. The van der Waals surface area contributed by atoms with Crippen LogP contribution in [0.2, 0.25) is 0 Å². The summed E-state index contributed by atoms with van der Waals surface area (Å²) < 4.78 is 61.7. The van der Waals surface area contributed by atoms with E-state index < -0.39 is 35.8 Å². The Labute approximate surface area is 206 Å². The molecule has 0 aromatic heterocycles. The first-order valence-corrected chi connectivity index (χ1v) is 7.69. The van der Waals surface area contributed by atoms with Gasteiger partial charge >= 0.3 is 0 Å². The largest absolute Gasteiger partial charge is 0.506 e. The van der Waals surface area contributed by atoms with Crippen molar-refractivity contribution in [2.24, 2.45) is 0 Å². The average Bonchev–Trinajstić information content (AvgIpc) is 2.24. The minimum absolute atomic E-state index is 0. The van der Waals surface area contributed by atoms with Crippen LogP contribution in [0.1, 0.15) is 0 Å². The molecule has 2 rings (SSSR count). The summed E-state index contributed by atoms with van der Waals surface area (Å²) in [5, 5.41) is 9.94. The third-order valence-electron chi connectivity index (χ3n) is 2.47. The monoisotopic (exact) mass is 382 g/mol. The minimum Gasteiger partial charge on any atom is -0.506 e. The van der Waals surface area contributed by atoms with Crippen molar-refractivity contribution >= 4 is 134 Å². The third-order valence-corrected chi connectivity index (χ3v) is 4.20. The number of benzene rings is 2. The number of aromatic hydroxyl groups is 1. The van der Waals surface area contributed by atoms with Crippen LogP contribution in [0.25, 0.3) is 10.8 Å². The summed E-state index contributed by atoms with van der Waals surface area (Å²) in [6.45, 7) is 0. The number of phenolic OH excluding ortho intramolecular Hbond substituents is 1. The van der Waals surface area contributed by atoms with Gasteiger partial charge in [0.1, 0.15) is 10.6 Å². The molecule has 0 aliphatic heterocycles. The maximum absolute atomic E-state index is 11.0. The van der Waals surface area contributed by atoms with E-state index in [1.165, 1.54) is 6.07 Å². The predicted molar refractivity (Wildman–Crippen MR) is 76.8 cm³/mol. The van der Waals surface area contributed by atoms with Gasteiger partial charge in [0.05, 0.1) is 4.90 Å². The van der Waals surface area contributed by atoms with Crippen molar-refractivity contribution < 1.29 is 31.0 Å². The molecule has 104 valence electrons. The molecule has 0 spiro atoms. The number of fused-ring (bicyclic) bond motifs is 1. The molecule has 0 aliphatic carbocycles. The summed E-state index contributed by atoms with van der Waals surface area (Å²) in [4.78, 5) is -1.17. The van der Waals surface area contributed by atoms with Gasteiger partial charge in [0.25, 0.3) is 20.2 Å². The second-order valence-corrected chi connectivity index (χ2v) is 6.59. The molecule has 2 aromatic rings. The summed E-state index contributed by atoms with van der Waals surface area (Å²) in [6, 6.07) is 5.38. The molecule has 0 bridgehead atoms. The molecule has 0 saturated carbocycles. The first-order valence-electron chi connectivity index (χ1n) is 4.81. The Morgan fingerprint density at radius 1 is 0.762 bits per heavy atom. The molecule has 0 amide bonds. The van der Waals surface area contributed by atoms with Crippen molar-refractivity contribution in [2.45, 2.75) is 9.79 Å². The van der Waals surface area contributed by atoms with Gasteiger partial charge in [0.2, 0.25) is 0 Å². The van der Waals surface area contributed by atoms with Crippen LogP contribution < -0.4 is 0 Å². The summed E-state index contributed by atoms with van der Waals surface area (Å²) in [6.07, 6.45) is 0. The van der Waals surface area contributed by atoms with Crippen LogP contribution in [-0.4, -0.2) is 134 Å². The van der Waals surface area contributed by atoms with E-state index in [0.717, 1.165) is 24.3 Å². The molecule has 11 heteroatoms. The van der Waals surface area contributed by atoms with Crippen molar-refractivity contribution in [3.05, 3.63) is 30.3 Å². The number of hydrogen-bond acceptors (Lipinski definition) is 5. The fourth-order valence-electron chi connectivity index (χ4n) is 1.61. The van der Waals surface area contributed by atoms with Crippen LogP contribution in [0.4, 0.5) is 0 Å². The van der Waals surface area contributed by atoms with Crippen molar-refractivity contribution in [3.63, 3.8) is 0 Å². The molecule has 0 aliphatic rings. The Hall–Kier alpha value is 1.59. The maximum atomic E-state index is 11.0. The number of rotatable bonds is 2. The zero-order valence-electron chi connectivity index (χ0n) is 11.2. The summed E-state index contributed by atoms with van der Waals surface area (Å²) in [5.41, 5.74) is 0. The molecule has 0 unspecified atom stereocenters. The summed E-state index contributed by atoms with van der Waals surface area (Å²) >= 11 is 0. The zero-order valence-corrected chi connectivity index (χ0v) is 19.1. The van der Waals surface area contributed by atoms with E-state index in [0.29, 0.717) is 5.39 Å². The van der Waals surface area contributed by atoms with E-state index in [9.17, 15) is 21.9 Å². The Morgan fingerprint density at radius 3 is 1.81 bits per heavy atom. The van der Waals surface area contributed by atoms with E-state index in [1.54, 1.807) is 0 Å². The second-order valence-electron chi connectivity index (χ2n) is 3.78. The van der Waals surface area contributed by atoms with Gasteiger partial charge in [-0.05, 0) is 35.0 Å². The minimum atomic E-state index is -4.64. The van der Waals surface area contributed by atoms with Gasteiger partial charge in [-0.1, -0.05) is 6.07 Å². The molecule has 2 radical (unpaired) electrons. The zero-order chi connectivity index (χ0) is 14.4. The smallest absolute Gasteiger partial charge is 0.298 e. The fourth-order valence-corrected chi connectivity index (χ4v) is 2.72. The SMILES string of the molecule is O=S(=O)(O)c1ccc2cc(O)c(S(=O)(=O)O)cc2c1.[K].[K]. The van der Waals surface area contributed by atoms with Gasteiger partial charge in [0, 0.05) is 103 Å². The predicted octanol–water partition coefficient (Wildman–Crippen LogP) is 0.277. The molecule has 0 saturated heterocycles. The van der Waals surface area contributed by atoms with Crippen LogP contribution in [0.15, 0.2) is 40.1 Å². The normalized spacial score (nSPS) is 11.5. The Morgan fingerprint density at radius 2 is 1.33 bits per heavy atom. The molecule has 7 nitrogen and oxygen atoms in total. The van der Waals surface area contributed by atoms with Crippen molar-refractivity contribution in [2.75, 3.05) is 0 Å². The van der Waals surface area contributed by atoms with Crippen LogP contribution in [0.5, 0.6) is 5.75 Å². The van der Waals surface area contributed by atoms with E-state index >= 15 is 0 Å². The van der Waals surface area contributed by atoms with Gasteiger partial charge in [-0.25, -0.2) is 0 Å².